The normalized spacial score (nSPS) is 23.3. The molecular weight excluding hydrogens is 262 g/mol. The lowest BCUT2D eigenvalue weighted by atomic mass is 9.83. The van der Waals surface area contributed by atoms with Crippen molar-refractivity contribution in [2.75, 3.05) is 5.32 Å². The summed E-state index contributed by atoms with van der Waals surface area (Å²) in [5.41, 5.74) is 0.325. The summed E-state index contributed by atoms with van der Waals surface area (Å²) in [7, 11) is 0. The average Bonchev–Trinajstić information content (AvgIpc) is 2.43. The van der Waals surface area contributed by atoms with E-state index in [2.05, 4.69) is 22.4 Å². The Morgan fingerprint density at radius 1 is 1.42 bits per heavy atom. The van der Waals surface area contributed by atoms with Crippen molar-refractivity contribution < 1.29 is 0 Å². The van der Waals surface area contributed by atoms with Gasteiger partial charge in [0.05, 0.1) is 11.9 Å². The molecule has 0 radical (unpaired) electrons. The Morgan fingerprint density at radius 2 is 2.16 bits per heavy atom. The first-order valence-corrected chi connectivity index (χ1v) is 7.58. The van der Waals surface area contributed by atoms with E-state index in [0.29, 0.717) is 11.7 Å². The van der Waals surface area contributed by atoms with Gasteiger partial charge in [-0.2, -0.15) is 5.10 Å². The van der Waals surface area contributed by atoms with Crippen molar-refractivity contribution in [3.05, 3.63) is 21.6 Å². The van der Waals surface area contributed by atoms with Gasteiger partial charge in [-0.1, -0.05) is 37.8 Å². The Hall–Kier alpha value is -1.03. The molecule has 1 aliphatic rings. The minimum Gasteiger partial charge on any atom is -0.380 e. The van der Waals surface area contributed by atoms with Crippen molar-refractivity contribution in [3.63, 3.8) is 0 Å². The van der Waals surface area contributed by atoms with Gasteiger partial charge >= 0.3 is 0 Å². The highest BCUT2D eigenvalue weighted by Gasteiger charge is 2.21. The third-order valence-corrected chi connectivity index (χ3v) is 4.34. The van der Waals surface area contributed by atoms with E-state index < -0.39 is 0 Å². The van der Waals surface area contributed by atoms with Crippen LogP contribution in [0.25, 0.3) is 0 Å². The number of hydrogen-bond donors (Lipinski definition) is 2. The second-order valence-electron chi connectivity index (χ2n) is 5.43. The molecule has 0 atom stereocenters. The summed E-state index contributed by atoms with van der Waals surface area (Å²) in [4.78, 5) is 11.4. The molecule has 0 unspecified atom stereocenters. The van der Waals surface area contributed by atoms with E-state index in [0.717, 1.165) is 18.8 Å². The van der Waals surface area contributed by atoms with Gasteiger partial charge in [0.25, 0.3) is 5.56 Å². The number of aromatic nitrogens is 2. The molecule has 1 fully saturated rings. The Kier molecular flexibility index (Phi) is 5.25. The fourth-order valence-corrected chi connectivity index (χ4v) is 2.94. The lowest BCUT2D eigenvalue weighted by Gasteiger charge is -2.29. The van der Waals surface area contributed by atoms with Gasteiger partial charge in [-0.3, -0.25) is 4.79 Å². The highest BCUT2D eigenvalue weighted by Crippen LogP contribution is 2.30. The van der Waals surface area contributed by atoms with Crippen LogP contribution in [0.4, 0.5) is 5.69 Å². The maximum Gasteiger partial charge on any atom is 0.285 e. The number of H-pyrrole nitrogens is 1. The van der Waals surface area contributed by atoms with Crippen LogP contribution in [0.2, 0.25) is 5.02 Å². The van der Waals surface area contributed by atoms with E-state index in [1.807, 2.05) is 0 Å². The first-order valence-electron chi connectivity index (χ1n) is 7.20. The van der Waals surface area contributed by atoms with Crippen LogP contribution >= 0.6 is 11.6 Å². The van der Waals surface area contributed by atoms with Gasteiger partial charge in [-0.25, -0.2) is 5.10 Å². The smallest absolute Gasteiger partial charge is 0.285 e. The first-order chi connectivity index (χ1) is 9.20. The van der Waals surface area contributed by atoms with Gasteiger partial charge in [0.1, 0.15) is 5.02 Å². The Morgan fingerprint density at radius 3 is 2.84 bits per heavy atom. The van der Waals surface area contributed by atoms with Crippen molar-refractivity contribution in [1.29, 1.82) is 0 Å². The van der Waals surface area contributed by atoms with Crippen LogP contribution in [-0.4, -0.2) is 16.2 Å². The first kappa shape index (κ1) is 14.4. The molecular formula is C14H22ClN3O. The maximum atomic E-state index is 11.4. The SMILES string of the molecule is CCCCC1CCC(Nc2cn[nH]c(=O)c2Cl)CC1. The fraction of sp³-hybridized carbons (Fsp3) is 0.714. The van der Waals surface area contributed by atoms with E-state index in [1.54, 1.807) is 6.20 Å². The monoisotopic (exact) mass is 283 g/mol. The van der Waals surface area contributed by atoms with Crippen LogP contribution in [0, 0.1) is 5.92 Å². The predicted molar refractivity (Wildman–Crippen MR) is 78.8 cm³/mol. The number of hydrogen-bond acceptors (Lipinski definition) is 3. The second-order valence-corrected chi connectivity index (χ2v) is 5.81. The summed E-state index contributed by atoms with van der Waals surface area (Å²) < 4.78 is 0. The Labute approximate surface area is 118 Å². The molecule has 2 rings (SSSR count). The number of nitrogens with one attached hydrogen (secondary N) is 2. The Bertz CT molecular complexity index is 452. The van der Waals surface area contributed by atoms with Gasteiger partial charge in [0, 0.05) is 6.04 Å². The third kappa shape index (κ3) is 3.96. The summed E-state index contributed by atoms with van der Waals surface area (Å²) in [6.45, 7) is 2.25. The van der Waals surface area contributed by atoms with Crippen molar-refractivity contribution in [1.82, 2.24) is 10.2 Å². The topological polar surface area (TPSA) is 57.8 Å². The number of halogens is 1. The molecule has 0 bridgehead atoms. The third-order valence-electron chi connectivity index (χ3n) is 3.97. The highest BCUT2D eigenvalue weighted by molar-refractivity contribution is 6.32. The zero-order chi connectivity index (χ0) is 13.7. The van der Waals surface area contributed by atoms with Gasteiger partial charge < -0.3 is 5.32 Å². The molecule has 0 aromatic carbocycles. The molecule has 0 amide bonds. The minimum atomic E-state index is -0.330. The summed E-state index contributed by atoms with van der Waals surface area (Å²) in [5, 5.41) is 9.67. The Balaban J connectivity index is 1.85. The summed E-state index contributed by atoms with van der Waals surface area (Å²) in [6, 6.07) is 0.416. The summed E-state index contributed by atoms with van der Waals surface area (Å²) >= 11 is 5.96. The van der Waals surface area contributed by atoms with Crippen LogP contribution in [-0.2, 0) is 0 Å². The lowest BCUT2D eigenvalue weighted by Crippen LogP contribution is -2.27. The molecule has 4 nitrogen and oxygen atoms in total. The standard InChI is InChI=1S/C14H22ClN3O/c1-2-3-4-10-5-7-11(8-6-10)17-12-9-16-18-14(19)13(12)15/h9-11H,2-8H2,1H3,(H2,17,18,19). The molecule has 2 N–H and O–H groups in total. The quantitative estimate of drug-likeness (QED) is 0.868. The largest absolute Gasteiger partial charge is 0.380 e. The van der Waals surface area contributed by atoms with Crippen LogP contribution in [0.3, 0.4) is 0 Å². The van der Waals surface area contributed by atoms with Gasteiger partial charge in [0.15, 0.2) is 0 Å². The lowest BCUT2D eigenvalue weighted by molar-refractivity contribution is 0.314. The van der Waals surface area contributed by atoms with Crippen LogP contribution in [0.5, 0.6) is 0 Å². The average molecular weight is 284 g/mol. The van der Waals surface area contributed by atoms with Gasteiger partial charge in [0.2, 0.25) is 0 Å². The maximum absolute atomic E-state index is 11.4. The number of unbranched alkanes of at least 4 members (excludes halogenated alkanes) is 1. The molecule has 19 heavy (non-hydrogen) atoms. The minimum absolute atomic E-state index is 0.211. The van der Waals surface area contributed by atoms with E-state index in [4.69, 9.17) is 11.6 Å². The number of nitrogens with zero attached hydrogens (tertiary/aromatic N) is 1. The van der Waals surface area contributed by atoms with Gasteiger partial charge in [-0.15, -0.1) is 0 Å². The van der Waals surface area contributed by atoms with Crippen LogP contribution in [0.15, 0.2) is 11.0 Å². The molecule has 0 spiro atoms. The van der Waals surface area contributed by atoms with Crippen molar-refractivity contribution in [2.24, 2.45) is 5.92 Å². The molecule has 5 heteroatoms. The molecule has 1 saturated carbocycles. The molecule has 1 heterocycles. The fourth-order valence-electron chi connectivity index (χ4n) is 2.79. The van der Waals surface area contributed by atoms with Crippen molar-refractivity contribution >= 4 is 17.3 Å². The van der Waals surface area contributed by atoms with E-state index in [-0.39, 0.29) is 10.6 Å². The molecule has 1 aromatic rings. The number of rotatable bonds is 5. The number of anilines is 1. The van der Waals surface area contributed by atoms with Crippen LogP contribution in [0.1, 0.15) is 51.9 Å². The summed E-state index contributed by atoms with van der Waals surface area (Å²) in [6.07, 6.45) is 10.4. The highest BCUT2D eigenvalue weighted by atomic mass is 35.5. The molecule has 1 aromatic heterocycles. The van der Waals surface area contributed by atoms with Gasteiger partial charge in [-0.05, 0) is 31.6 Å². The number of aromatic amines is 1. The van der Waals surface area contributed by atoms with E-state index in [9.17, 15) is 4.79 Å². The van der Waals surface area contributed by atoms with E-state index >= 15 is 0 Å². The second kappa shape index (κ2) is 6.94. The summed E-state index contributed by atoms with van der Waals surface area (Å²) in [5.74, 6) is 0.880. The van der Waals surface area contributed by atoms with Crippen LogP contribution < -0.4 is 10.9 Å². The zero-order valence-corrected chi connectivity index (χ0v) is 12.2. The molecule has 0 aliphatic heterocycles. The predicted octanol–water partition coefficient (Wildman–Crippen LogP) is 3.58. The molecule has 106 valence electrons. The zero-order valence-electron chi connectivity index (χ0n) is 11.4. The van der Waals surface area contributed by atoms with E-state index in [1.165, 1.54) is 32.1 Å². The molecule has 0 saturated heterocycles. The molecule has 1 aliphatic carbocycles. The van der Waals surface area contributed by atoms with Crippen molar-refractivity contribution in [3.8, 4) is 0 Å². The van der Waals surface area contributed by atoms with Crippen molar-refractivity contribution in [2.45, 2.75) is 57.9 Å².